The lowest BCUT2D eigenvalue weighted by atomic mass is 10.3. The Balaban J connectivity index is 1.52. The molecule has 1 N–H and O–H groups in total. The molecule has 0 fully saturated rings. The molecule has 1 amide bonds. The zero-order chi connectivity index (χ0) is 19.0. The number of anilines is 1. The van der Waals surface area contributed by atoms with E-state index in [1.165, 1.54) is 11.3 Å². The summed E-state index contributed by atoms with van der Waals surface area (Å²) in [5.41, 5.74) is 4.36. The quantitative estimate of drug-likeness (QED) is 0.547. The molecular formula is C19H17N5OS2. The highest BCUT2D eigenvalue weighted by Gasteiger charge is 2.17. The van der Waals surface area contributed by atoms with Crippen LogP contribution in [0, 0.1) is 20.8 Å². The third kappa shape index (κ3) is 3.54. The molecule has 0 aliphatic carbocycles. The third-order valence-corrected chi connectivity index (χ3v) is 5.89. The molecule has 0 spiro atoms. The first kappa shape index (κ1) is 17.6. The van der Waals surface area contributed by atoms with Crippen molar-refractivity contribution < 1.29 is 4.79 Å². The van der Waals surface area contributed by atoms with Crippen molar-refractivity contribution in [1.82, 2.24) is 19.7 Å². The summed E-state index contributed by atoms with van der Waals surface area (Å²) in [6, 6.07) is 7.67. The van der Waals surface area contributed by atoms with Crippen LogP contribution in [0.2, 0.25) is 0 Å². The van der Waals surface area contributed by atoms with Gasteiger partial charge in [0.15, 0.2) is 5.82 Å². The fraction of sp³-hybridized carbons (Fsp3) is 0.158. The van der Waals surface area contributed by atoms with E-state index in [0.29, 0.717) is 16.4 Å². The van der Waals surface area contributed by atoms with Crippen LogP contribution in [0.15, 0.2) is 41.2 Å². The van der Waals surface area contributed by atoms with Crippen molar-refractivity contribution in [3.05, 3.63) is 63.2 Å². The summed E-state index contributed by atoms with van der Waals surface area (Å²) in [6.07, 6.45) is 1.64. The van der Waals surface area contributed by atoms with Gasteiger partial charge in [-0.3, -0.25) is 4.79 Å². The average molecular weight is 396 g/mol. The fourth-order valence-corrected chi connectivity index (χ4v) is 4.42. The average Bonchev–Trinajstić information content (AvgIpc) is 3.36. The molecule has 0 radical (unpaired) electrons. The van der Waals surface area contributed by atoms with Gasteiger partial charge < -0.3 is 5.32 Å². The van der Waals surface area contributed by atoms with Crippen molar-refractivity contribution in [2.45, 2.75) is 20.8 Å². The molecule has 4 rings (SSSR count). The summed E-state index contributed by atoms with van der Waals surface area (Å²) in [6.45, 7) is 5.78. The fourth-order valence-electron chi connectivity index (χ4n) is 2.75. The van der Waals surface area contributed by atoms with Crippen molar-refractivity contribution in [3.8, 4) is 16.4 Å². The summed E-state index contributed by atoms with van der Waals surface area (Å²) in [7, 11) is 0. The number of pyridine rings is 1. The number of thiazole rings is 1. The lowest BCUT2D eigenvalue weighted by Gasteiger charge is -2.06. The van der Waals surface area contributed by atoms with Gasteiger partial charge in [0.05, 0.1) is 23.3 Å². The maximum atomic E-state index is 12.6. The van der Waals surface area contributed by atoms with E-state index in [9.17, 15) is 4.79 Å². The Labute approximate surface area is 164 Å². The number of carbonyl (C=O) groups is 1. The third-order valence-electron chi connectivity index (χ3n) is 4.00. The second kappa shape index (κ2) is 7.05. The monoisotopic (exact) mass is 395 g/mol. The Hall–Kier alpha value is -2.84. The normalized spacial score (nSPS) is 10.9. The zero-order valence-corrected chi connectivity index (χ0v) is 16.7. The Kier molecular flexibility index (Phi) is 4.59. The standard InChI is InChI=1S/C19H17N5OS2/c1-11-8-12(2)24(23-11)16-5-4-15(9-20-16)22-18(25)17-13(3)21-19(27-17)14-6-7-26-10-14/h4-10H,1-3H3,(H,22,25). The second-order valence-corrected chi connectivity index (χ2v) is 7.92. The minimum atomic E-state index is -0.174. The Bertz CT molecular complexity index is 1090. The molecule has 0 unspecified atom stereocenters. The number of aromatic nitrogens is 4. The van der Waals surface area contributed by atoms with E-state index in [1.807, 2.05) is 55.8 Å². The van der Waals surface area contributed by atoms with Crippen molar-refractivity contribution >= 4 is 34.3 Å². The molecule has 136 valence electrons. The van der Waals surface area contributed by atoms with Crippen LogP contribution in [-0.4, -0.2) is 25.7 Å². The number of nitrogens with zero attached hydrogens (tertiary/aromatic N) is 4. The first-order chi connectivity index (χ1) is 13.0. The van der Waals surface area contributed by atoms with Crippen LogP contribution in [0.5, 0.6) is 0 Å². The minimum absolute atomic E-state index is 0.174. The van der Waals surface area contributed by atoms with Gasteiger partial charge in [-0.25, -0.2) is 14.6 Å². The molecule has 0 aliphatic rings. The first-order valence-electron chi connectivity index (χ1n) is 8.32. The molecule has 8 heteroatoms. The number of nitrogens with one attached hydrogen (secondary N) is 1. The van der Waals surface area contributed by atoms with E-state index in [1.54, 1.807) is 22.2 Å². The number of carbonyl (C=O) groups excluding carboxylic acids is 1. The maximum absolute atomic E-state index is 12.6. The number of thiophene rings is 1. The van der Waals surface area contributed by atoms with Crippen LogP contribution < -0.4 is 5.32 Å². The zero-order valence-electron chi connectivity index (χ0n) is 15.1. The second-order valence-electron chi connectivity index (χ2n) is 6.14. The number of amides is 1. The van der Waals surface area contributed by atoms with Gasteiger partial charge in [-0.2, -0.15) is 16.4 Å². The van der Waals surface area contributed by atoms with E-state index in [2.05, 4.69) is 20.4 Å². The summed E-state index contributed by atoms with van der Waals surface area (Å²) in [4.78, 5) is 22.2. The molecule has 6 nitrogen and oxygen atoms in total. The smallest absolute Gasteiger partial charge is 0.267 e. The molecule has 0 bridgehead atoms. The molecule has 0 saturated carbocycles. The Morgan fingerprint density at radius 1 is 1.19 bits per heavy atom. The van der Waals surface area contributed by atoms with Crippen molar-refractivity contribution in [2.75, 3.05) is 5.32 Å². The minimum Gasteiger partial charge on any atom is -0.320 e. The van der Waals surface area contributed by atoms with E-state index < -0.39 is 0 Å². The van der Waals surface area contributed by atoms with Gasteiger partial charge in [-0.05, 0) is 50.4 Å². The van der Waals surface area contributed by atoms with E-state index in [4.69, 9.17) is 0 Å². The molecule has 4 aromatic rings. The summed E-state index contributed by atoms with van der Waals surface area (Å²) in [5.74, 6) is 0.541. The van der Waals surface area contributed by atoms with Gasteiger partial charge in [0, 0.05) is 16.6 Å². The van der Waals surface area contributed by atoms with Crippen LogP contribution >= 0.6 is 22.7 Å². The van der Waals surface area contributed by atoms with Gasteiger partial charge in [0.2, 0.25) is 0 Å². The SMILES string of the molecule is Cc1cc(C)n(-c2ccc(NC(=O)c3sc(-c4ccsc4)nc3C)cn2)n1. The molecule has 0 aromatic carbocycles. The summed E-state index contributed by atoms with van der Waals surface area (Å²) >= 11 is 3.01. The Morgan fingerprint density at radius 3 is 2.67 bits per heavy atom. The largest absolute Gasteiger partial charge is 0.320 e. The van der Waals surface area contributed by atoms with Gasteiger partial charge in [-0.1, -0.05) is 0 Å². The van der Waals surface area contributed by atoms with Gasteiger partial charge >= 0.3 is 0 Å². The van der Waals surface area contributed by atoms with Gasteiger partial charge in [0.25, 0.3) is 5.91 Å². The van der Waals surface area contributed by atoms with Crippen LogP contribution in [0.25, 0.3) is 16.4 Å². The van der Waals surface area contributed by atoms with E-state index in [-0.39, 0.29) is 5.91 Å². The lowest BCUT2D eigenvalue weighted by molar-refractivity contribution is 0.103. The summed E-state index contributed by atoms with van der Waals surface area (Å²) in [5, 5.41) is 12.2. The molecule has 4 heterocycles. The molecule has 4 aromatic heterocycles. The van der Waals surface area contributed by atoms with Gasteiger partial charge in [-0.15, -0.1) is 11.3 Å². The molecule has 27 heavy (non-hydrogen) atoms. The van der Waals surface area contributed by atoms with Crippen LogP contribution in [-0.2, 0) is 0 Å². The van der Waals surface area contributed by atoms with Crippen LogP contribution in [0.3, 0.4) is 0 Å². The van der Waals surface area contributed by atoms with Crippen molar-refractivity contribution in [3.63, 3.8) is 0 Å². The number of aryl methyl sites for hydroxylation is 3. The highest BCUT2D eigenvalue weighted by Crippen LogP contribution is 2.29. The van der Waals surface area contributed by atoms with E-state index in [0.717, 1.165) is 27.7 Å². The molecule has 0 aliphatic heterocycles. The van der Waals surface area contributed by atoms with Crippen LogP contribution in [0.4, 0.5) is 5.69 Å². The molecular weight excluding hydrogens is 378 g/mol. The predicted molar refractivity (Wildman–Crippen MR) is 109 cm³/mol. The first-order valence-corrected chi connectivity index (χ1v) is 10.1. The van der Waals surface area contributed by atoms with E-state index >= 15 is 0 Å². The summed E-state index contributed by atoms with van der Waals surface area (Å²) < 4.78 is 1.78. The Morgan fingerprint density at radius 2 is 2.04 bits per heavy atom. The number of rotatable bonds is 4. The predicted octanol–water partition coefficient (Wildman–Crippen LogP) is 4.63. The lowest BCUT2D eigenvalue weighted by Crippen LogP contribution is -2.12. The maximum Gasteiger partial charge on any atom is 0.267 e. The number of hydrogen-bond acceptors (Lipinski definition) is 6. The molecule has 0 atom stereocenters. The highest BCUT2D eigenvalue weighted by molar-refractivity contribution is 7.17. The molecule has 0 saturated heterocycles. The van der Waals surface area contributed by atoms with Crippen LogP contribution in [0.1, 0.15) is 26.8 Å². The van der Waals surface area contributed by atoms with Crippen molar-refractivity contribution in [2.24, 2.45) is 0 Å². The number of hydrogen-bond donors (Lipinski definition) is 1. The van der Waals surface area contributed by atoms with Crippen molar-refractivity contribution in [1.29, 1.82) is 0 Å². The highest BCUT2D eigenvalue weighted by atomic mass is 32.1. The van der Waals surface area contributed by atoms with Gasteiger partial charge in [0.1, 0.15) is 9.88 Å². The topological polar surface area (TPSA) is 72.7 Å².